The molecule has 1 aromatic carbocycles. The van der Waals surface area contributed by atoms with Crippen LogP contribution in [0.1, 0.15) is 57.7 Å². The number of nitrogens with zero attached hydrogens (tertiary/aromatic N) is 2. The Balaban J connectivity index is 1.38. The summed E-state index contributed by atoms with van der Waals surface area (Å²) in [6.07, 6.45) is 1.64. The van der Waals surface area contributed by atoms with E-state index in [1.54, 1.807) is 11.3 Å². The van der Waals surface area contributed by atoms with Gasteiger partial charge in [-0.15, -0.1) is 11.3 Å². The van der Waals surface area contributed by atoms with E-state index in [4.69, 9.17) is 0 Å². The van der Waals surface area contributed by atoms with Crippen molar-refractivity contribution in [1.82, 2.24) is 25.8 Å². The molecule has 212 valence electrons. The summed E-state index contributed by atoms with van der Waals surface area (Å²) in [5.41, 5.74) is 4.26. The van der Waals surface area contributed by atoms with Crippen molar-refractivity contribution in [1.29, 1.82) is 0 Å². The summed E-state index contributed by atoms with van der Waals surface area (Å²) in [5, 5.41) is 19.6. The van der Waals surface area contributed by atoms with Crippen molar-refractivity contribution in [2.75, 3.05) is 19.6 Å². The fourth-order valence-electron chi connectivity index (χ4n) is 5.35. The van der Waals surface area contributed by atoms with E-state index in [1.807, 2.05) is 57.5 Å². The van der Waals surface area contributed by atoms with Gasteiger partial charge in [0.15, 0.2) is 0 Å². The molecule has 0 saturated carbocycles. The minimum Gasteiger partial charge on any atom is -0.391 e. The second kappa shape index (κ2) is 12.6. The van der Waals surface area contributed by atoms with E-state index in [-0.39, 0.29) is 30.7 Å². The first-order valence-corrected chi connectivity index (χ1v) is 14.7. The quantitative estimate of drug-likeness (QED) is 0.397. The van der Waals surface area contributed by atoms with E-state index in [0.29, 0.717) is 18.9 Å². The molecule has 2 saturated heterocycles. The number of carbonyl (C=O) groups excluding carboxylic acids is 3. The number of hydrogen-bond acceptors (Lipinski definition) is 7. The number of aryl methyl sites for hydroxylation is 1. The highest BCUT2D eigenvalue weighted by Gasteiger charge is 2.44. The van der Waals surface area contributed by atoms with E-state index >= 15 is 0 Å². The molecule has 9 nitrogen and oxygen atoms in total. The molecule has 0 radical (unpaired) electrons. The number of carbonyl (C=O) groups is 3. The highest BCUT2D eigenvalue weighted by atomic mass is 32.1. The molecular weight excluding hydrogens is 514 g/mol. The minimum absolute atomic E-state index is 0.0660. The van der Waals surface area contributed by atoms with Crippen molar-refractivity contribution >= 4 is 29.1 Å². The SMILES string of the molecule is Cc1ncsc1-c1ccc(CNC(=O)[C@@H]2C[C@@H](O)CN2C(=O)[C@@H](NC(=O)CC2CCNCC2)C(C)(C)C)cc1. The van der Waals surface area contributed by atoms with Gasteiger partial charge in [0.05, 0.1) is 22.2 Å². The number of thiazole rings is 1. The fraction of sp³-hybridized carbons (Fsp3) is 0.586. The Hall–Kier alpha value is -2.82. The predicted octanol–water partition coefficient (Wildman–Crippen LogP) is 2.62. The van der Waals surface area contributed by atoms with Gasteiger partial charge < -0.3 is 26.0 Å². The third-order valence-electron chi connectivity index (χ3n) is 7.64. The van der Waals surface area contributed by atoms with Crippen LogP contribution >= 0.6 is 11.3 Å². The molecule has 39 heavy (non-hydrogen) atoms. The summed E-state index contributed by atoms with van der Waals surface area (Å²) >= 11 is 1.59. The topological polar surface area (TPSA) is 124 Å². The molecule has 2 aliphatic rings. The first-order chi connectivity index (χ1) is 18.5. The van der Waals surface area contributed by atoms with Crippen molar-refractivity contribution in [2.24, 2.45) is 11.3 Å². The molecule has 3 amide bonds. The molecule has 3 atom stereocenters. The number of likely N-dealkylation sites (tertiary alicyclic amines) is 1. The Morgan fingerprint density at radius 1 is 1.18 bits per heavy atom. The van der Waals surface area contributed by atoms with Crippen LogP contribution in [0, 0.1) is 18.3 Å². The number of amides is 3. The van der Waals surface area contributed by atoms with Crippen LogP contribution in [0.15, 0.2) is 29.8 Å². The van der Waals surface area contributed by atoms with Gasteiger partial charge in [-0.2, -0.15) is 0 Å². The average Bonchev–Trinajstić information content (AvgIpc) is 3.51. The minimum atomic E-state index is -0.796. The van der Waals surface area contributed by atoms with E-state index in [9.17, 15) is 19.5 Å². The van der Waals surface area contributed by atoms with Crippen LogP contribution in [0.2, 0.25) is 0 Å². The van der Waals surface area contributed by atoms with Crippen LogP contribution < -0.4 is 16.0 Å². The zero-order chi connectivity index (χ0) is 28.2. The highest BCUT2D eigenvalue weighted by molar-refractivity contribution is 7.13. The normalized spacial score (nSPS) is 21.0. The molecule has 0 aliphatic carbocycles. The van der Waals surface area contributed by atoms with Crippen molar-refractivity contribution in [3.8, 4) is 10.4 Å². The van der Waals surface area contributed by atoms with Crippen molar-refractivity contribution in [3.63, 3.8) is 0 Å². The van der Waals surface area contributed by atoms with Crippen molar-refractivity contribution in [2.45, 2.75) is 78.1 Å². The number of piperidine rings is 1. The van der Waals surface area contributed by atoms with Crippen molar-refractivity contribution < 1.29 is 19.5 Å². The molecular formula is C29H41N5O4S. The van der Waals surface area contributed by atoms with Crippen LogP contribution in [0.25, 0.3) is 10.4 Å². The third kappa shape index (κ3) is 7.43. The summed E-state index contributed by atoms with van der Waals surface area (Å²) in [6.45, 7) is 9.86. The van der Waals surface area contributed by atoms with Crippen LogP contribution in [-0.2, 0) is 20.9 Å². The molecule has 2 fully saturated rings. The number of rotatable bonds is 8. The number of hydrogen-bond donors (Lipinski definition) is 4. The molecule has 0 unspecified atom stereocenters. The summed E-state index contributed by atoms with van der Waals surface area (Å²) in [7, 11) is 0. The zero-order valence-electron chi connectivity index (χ0n) is 23.3. The monoisotopic (exact) mass is 555 g/mol. The van der Waals surface area contributed by atoms with Gasteiger partial charge in [-0.1, -0.05) is 45.0 Å². The van der Waals surface area contributed by atoms with Crippen LogP contribution in [0.3, 0.4) is 0 Å². The lowest BCUT2D eigenvalue weighted by Gasteiger charge is -2.35. The lowest BCUT2D eigenvalue weighted by molar-refractivity contribution is -0.144. The summed E-state index contributed by atoms with van der Waals surface area (Å²) < 4.78 is 0. The molecule has 2 aromatic rings. The Morgan fingerprint density at radius 3 is 2.49 bits per heavy atom. The third-order valence-corrected chi connectivity index (χ3v) is 8.62. The Kier molecular flexibility index (Phi) is 9.40. The highest BCUT2D eigenvalue weighted by Crippen LogP contribution is 2.28. The van der Waals surface area contributed by atoms with Crippen LogP contribution in [-0.4, -0.2) is 70.5 Å². The number of aromatic nitrogens is 1. The van der Waals surface area contributed by atoms with Gasteiger partial charge in [0, 0.05) is 25.9 Å². The summed E-state index contributed by atoms with van der Waals surface area (Å²) in [5.74, 6) is -0.486. The molecule has 0 bridgehead atoms. The molecule has 10 heteroatoms. The second-order valence-electron chi connectivity index (χ2n) is 11.8. The largest absolute Gasteiger partial charge is 0.391 e. The Morgan fingerprint density at radius 2 is 1.87 bits per heavy atom. The standard InChI is InChI=1S/C29H41N5O4S/c1-18-25(39-17-32-18)21-7-5-20(6-8-21)15-31-27(37)23-14-22(35)16-34(23)28(38)26(29(2,3)4)33-24(36)13-19-9-11-30-12-10-19/h5-8,17,19,22-23,26,30,35H,9-16H2,1-4H3,(H,31,37)(H,33,36)/t22-,23+,26-/m1/s1. The lowest BCUT2D eigenvalue weighted by Crippen LogP contribution is -2.57. The maximum Gasteiger partial charge on any atom is 0.246 e. The number of nitrogens with one attached hydrogen (secondary N) is 3. The zero-order valence-corrected chi connectivity index (χ0v) is 24.1. The molecule has 2 aliphatic heterocycles. The number of aliphatic hydroxyl groups is 1. The van der Waals surface area contributed by atoms with Crippen LogP contribution in [0.4, 0.5) is 0 Å². The van der Waals surface area contributed by atoms with Gasteiger partial charge in [-0.05, 0) is 55.3 Å². The molecule has 0 spiro atoms. The van der Waals surface area contributed by atoms with E-state index in [2.05, 4.69) is 20.9 Å². The van der Waals surface area contributed by atoms with E-state index < -0.39 is 23.6 Å². The fourth-order valence-corrected chi connectivity index (χ4v) is 6.16. The summed E-state index contributed by atoms with van der Waals surface area (Å²) in [6, 6.07) is 6.37. The molecule has 1 aromatic heterocycles. The second-order valence-corrected chi connectivity index (χ2v) is 12.7. The van der Waals surface area contributed by atoms with Gasteiger partial charge in [0.25, 0.3) is 0 Å². The van der Waals surface area contributed by atoms with Crippen LogP contribution in [0.5, 0.6) is 0 Å². The predicted molar refractivity (Wildman–Crippen MR) is 152 cm³/mol. The first kappa shape index (κ1) is 29.2. The number of β-amino-alcohol motifs (C(OH)–C–C–N with tert-alkyl or cyclic N) is 1. The van der Waals surface area contributed by atoms with E-state index in [1.165, 1.54) is 4.90 Å². The van der Waals surface area contributed by atoms with Gasteiger partial charge >= 0.3 is 0 Å². The first-order valence-electron chi connectivity index (χ1n) is 13.8. The molecule has 4 N–H and O–H groups in total. The van der Waals surface area contributed by atoms with Crippen molar-refractivity contribution in [3.05, 3.63) is 41.0 Å². The summed E-state index contributed by atoms with van der Waals surface area (Å²) in [4.78, 5) is 46.7. The average molecular weight is 556 g/mol. The Bertz CT molecular complexity index is 1150. The molecule has 3 heterocycles. The van der Waals surface area contributed by atoms with E-state index in [0.717, 1.165) is 47.6 Å². The number of aliphatic hydroxyl groups excluding tert-OH is 1. The maximum absolute atomic E-state index is 13.7. The lowest BCUT2D eigenvalue weighted by atomic mass is 9.85. The van der Waals surface area contributed by atoms with Gasteiger partial charge in [0.2, 0.25) is 17.7 Å². The van der Waals surface area contributed by atoms with Gasteiger partial charge in [-0.3, -0.25) is 14.4 Å². The number of benzene rings is 1. The maximum atomic E-state index is 13.7. The Labute approximate surface area is 234 Å². The van der Waals surface area contributed by atoms with Gasteiger partial charge in [-0.25, -0.2) is 4.98 Å². The molecule has 4 rings (SSSR count). The van der Waals surface area contributed by atoms with Gasteiger partial charge in [0.1, 0.15) is 12.1 Å². The smallest absolute Gasteiger partial charge is 0.246 e.